The number of carbonyl (C=O) groups is 2. The molecule has 0 saturated carbocycles. The Morgan fingerprint density at radius 1 is 0.467 bits per heavy atom. The van der Waals surface area contributed by atoms with Gasteiger partial charge in [0.25, 0.3) is 0 Å². The molecule has 6 rings (SSSR count). The highest BCUT2D eigenvalue weighted by molar-refractivity contribution is 6.33. The van der Waals surface area contributed by atoms with Gasteiger partial charge in [-0.25, -0.2) is 0 Å². The summed E-state index contributed by atoms with van der Waals surface area (Å²) in [5.74, 6) is 0.00385. The molecule has 2 aliphatic rings. The number of rotatable bonds is 2. The zero-order chi connectivity index (χ0) is 20.6. The van der Waals surface area contributed by atoms with Gasteiger partial charge < -0.3 is 10.6 Å². The fraction of sp³-hybridized carbons (Fsp3) is 0.0769. The largest absolute Gasteiger partial charge is 0.388 e. The smallest absolute Gasteiger partial charge is 0.194 e. The highest BCUT2D eigenvalue weighted by Gasteiger charge is 2.32. The summed E-state index contributed by atoms with van der Waals surface area (Å²) in [5.41, 5.74) is 8.36. The first-order valence-electron chi connectivity index (χ1n) is 9.96. The third kappa shape index (κ3) is 2.00. The van der Waals surface area contributed by atoms with Crippen LogP contribution in [0.25, 0.3) is 33.0 Å². The Balaban J connectivity index is 1.73. The number of ketones is 2. The van der Waals surface area contributed by atoms with Crippen molar-refractivity contribution < 1.29 is 9.59 Å². The first-order valence-corrected chi connectivity index (χ1v) is 9.96. The predicted molar refractivity (Wildman–Crippen MR) is 121 cm³/mol. The van der Waals surface area contributed by atoms with Crippen LogP contribution in [-0.4, -0.2) is 25.7 Å². The van der Waals surface area contributed by atoms with Crippen LogP contribution >= 0.6 is 0 Å². The molecular formula is C26H18N2O2. The molecule has 0 unspecified atom stereocenters. The van der Waals surface area contributed by atoms with E-state index in [2.05, 4.69) is 10.6 Å². The lowest BCUT2D eigenvalue weighted by atomic mass is 9.75. The molecular weight excluding hydrogens is 372 g/mol. The molecule has 0 radical (unpaired) electrons. The zero-order valence-electron chi connectivity index (χ0n) is 16.6. The molecule has 2 aliphatic carbocycles. The van der Waals surface area contributed by atoms with Gasteiger partial charge in [-0.3, -0.25) is 9.59 Å². The molecule has 0 aliphatic heterocycles. The van der Waals surface area contributed by atoms with Crippen molar-refractivity contribution in [3.63, 3.8) is 0 Å². The van der Waals surface area contributed by atoms with E-state index in [9.17, 15) is 9.59 Å². The van der Waals surface area contributed by atoms with Crippen LogP contribution < -0.4 is 10.6 Å². The Hall–Kier alpha value is -3.92. The molecule has 4 nitrogen and oxygen atoms in total. The van der Waals surface area contributed by atoms with Crippen molar-refractivity contribution in [2.45, 2.75) is 0 Å². The highest BCUT2D eigenvalue weighted by Crippen LogP contribution is 2.47. The second-order valence-electron chi connectivity index (χ2n) is 7.75. The number of fused-ring (bicyclic) bond motifs is 4. The van der Waals surface area contributed by atoms with Crippen LogP contribution in [0.15, 0.2) is 60.7 Å². The quantitative estimate of drug-likeness (QED) is 0.419. The van der Waals surface area contributed by atoms with Gasteiger partial charge in [-0.15, -0.1) is 0 Å². The van der Waals surface area contributed by atoms with Crippen LogP contribution in [0.1, 0.15) is 31.8 Å². The first kappa shape index (κ1) is 17.0. The molecule has 0 spiro atoms. The van der Waals surface area contributed by atoms with Crippen molar-refractivity contribution in [1.29, 1.82) is 0 Å². The van der Waals surface area contributed by atoms with Crippen molar-refractivity contribution in [2.24, 2.45) is 0 Å². The molecule has 0 fully saturated rings. The molecule has 0 amide bonds. The summed E-state index contributed by atoms with van der Waals surface area (Å²) in [6, 6.07) is 19.5. The lowest BCUT2D eigenvalue weighted by molar-refractivity contribution is 0.103. The van der Waals surface area contributed by atoms with Gasteiger partial charge in [0.05, 0.1) is 0 Å². The second-order valence-corrected chi connectivity index (χ2v) is 7.75. The Bertz CT molecular complexity index is 1340. The van der Waals surface area contributed by atoms with Gasteiger partial charge in [0.2, 0.25) is 0 Å². The molecule has 30 heavy (non-hydrogen) atoms. The Kier molecular flexibility index (Phi) is 3.28. The number of anilines is 2. The summed E-state index contributed by atoms with van der Waals surface area (Å²) in [6.45, 7) is 0. The summed E-state index contributed by atoms with van der Waals surface area (Å²) in [4.78, 5) is 26.8. The van der Waals surface area contributed by atoms with E-state index in [1.54, 1.807) is 0 Å². The molecule has 2 N–H and O–H groups in total. The third-order valence-electron chi connectivity index (χ3n) is 6.34. The maximum absolute atomic E-state index is 13.4. The van der Waals surface area contributed by atoms with Crippen molar-refractivity contribution >= 4 is 33.7 Å². The van der Waals surface area contributed by atoms with Gasteiger partial charge in [-0.05, 0) is 58.7 Å². The van der Waals surface area contributed by atoms with Crippen LogP contribution in [0.5, 0.6) is 0 Å². The predicted octanol–water partition coefficient (Wildman–Crippen LogP) is 5.35. The minimum Gasteiger partial charge on any atom is -0.388 e. The zero-order valence-corrected chi connectivity index (χ0v) is 16.6. The van der Waals surface area contributed by atoms with Gasteiger partial charge in [0.15, 0.2) is 11.6 Å². The number of hydrogen-bond acceptors (Lipinski definition) is 4. The van der Waals surface area contributed by atoms with E-state index in [-0.39, 0.29) is 11.6 Å². The summed E-state index contributed by atoms with van der Waals surface area (Å²) in [6.07, 6.45) is 0. The maximum atomic E-state index is 13.4. The van der Waals surface area contributed by atoms with E-state index in [4.69, 9.17) is 0 Å². The van der Waals surface area contributed by atoms with Gasteiger partial charge in [0, 0.05) is 58.5 Å². The van der Waals surface area contributed by atoms with Gasteiger partial charge >= 0.3 is 0 Å². The standard InChI is InChI=1S/C26H18N2O2/c1-27-13-3-5-15-17-7-10-20-24-18(8-9-19(23(17)24)25(29)21(15)11-13)16-6-4-14(28-2)12-22(16)26(20)30/h3-12,27-28H,1-2H3. The molecule has 0 heterocycles. The van der Waals surface area contributed by atoms with E-state index in [0.29, 0.717) is 22.3 Å². The van der Waals surface area contributed by atoms with Crippen molar-refractivity contribution in [2.75, 3.05) is 24.7 Å². The van der Waals surface area contributed by atoms with E-state index in [1.807, 2.05) is 74.8 Å². The lowest BCUT2D eigenvalue weighted by Gasteiger charge is -2.26. The molecule has 144 valence electrons. The summed E-state index contributed by atoms with van der Waals surface area (Å²) < 4.78 is 0. The average molecular weight is 390 g/mol. The number of benzene rings is 4. The van der Waals surface area contributed by atoms with E-state index in [1.165, 1.54) is 0 Å². The van der Waals surface area contributed by atoms with E-state index in [0.717, 1.165) is 44.4 Å². The molecule has 0 bridgehead atoms. The van der Waals surface area contributed by atoms with E-state index < -0.39 is 0 Å². The number of nitrogens with one attached hydrogen (secondary N) is 2. The Morgan fingerprint density at radius 2 is 0.833 bits per heavy atom. The average Bonchev–Trinajstić information content (AvgIpc) is 2.80. The molecule has 0 saturated heterocycles. The second kappa shape index (κ2) is 5.80. The van der Waals surface area contributed by atoms with Crippen LogP contribution in [0.3, 0.4) is 0 Å². The Labute approximate surface area is 173 Å². The fourth-order valence-corrected chi connectivity index (χ4v) is 4.86. The summed E-state index contributed by atoms with van der Waals surface area (Å²) in [5, 5.41) is 7.99. The minimum absolute atomic E-state index is 0.00192. The number of hydrogen-bond donors (Lipinski definition) is 2. The normalized spacial score (nSPS) is 13.1. The monoisotopic (exact) mass is 390 g/mol. The molecule has 4 heteroatoms. The van der Waals surface area contributed by atoms with Gasteiger partial charge in [0.1, 0.15) is 0 Å². The fourth-order valence-electron chi connectivity index (χ4n) is 4.86. The van der Waals surface area contributed by atoms with Crippen LogP contribution in [0.2, 0.25) is 0 Å². The minimum atomic E-state index is 0.00192. The van der Waals surface area contributed by atoms with Crippen molar-refractivity contribution in [3.05, 3.63) is 82.9 Å². The SMILES string of the molecule is CNc1ccc2c(c1)C(=O)c1ccc3c4c(ccc-2c14)C(=O)c1cc(NC)ccc1-3. The molecule has 4 aromatic rings. The van der Waals surface area contributed by atoms with E-state index >= 15 is 0 Å². The summed E-state index contributed by atoms with van der Waals surface area (Å²) >= 11 is 0. The van der Waals surface area contributed by atoms with Gasteiger partial charge in [-0.1, -0.05) is 24.3 Å². The van der Waals surface area contributed by atoms with Gasteiger partial charge in [-0.2, -0.15) is 0 Å². The van der Waals surface area contributed by atoms with Crippen molar-refractivity contribution in [3.8, 4) is 22.3 Å². The van der Waals surface area contributed by atoms with Crippen LogP contribution in [0.4, 0.5) is 11.4 Å². The Morgan fingerprint density at radius 3 is 1.23 bits per heavy atom. The third-order valence-corrected chi connectivity index (χ3v) is 6.34. The lowest BCUT2D eigenvalue weighted by Crippen LogP contribution is -2.15. The first-order chi connectivity index (χ1) is 14.6. The number of carbonyl (C=O) groups excluding carboxylic acids is 2. The molecule has 0 atom stereocenters. The van der Waals surface area contributed by atoms with Crippen LogP contribution in [0, 0.1) is 0 Å². The summed E-state index contributed by atoms with van der Waals surface area (Å²) in [7, 11) is 3.69. The topological polar surface area (TPSA) is 58.2 Å². The molecule has 4 aromatic carbocycles. The maximum Gasteiger partial charge on any atom is 0.194 e. The molecule has 0 aromatic heterocycles. The van der Waals surface area contributed by atoms with Crippen LogP contribution in [-0.2, 0) is 0 Å². The van der Waals surface area contributed by atoms with Crippen molar-refractivity contribution in [1.82, 2.24) is 0 Å². The highest BCUT2D eigenvalue weighted by atomic mass is 16.1.